The van der Waals surface area contributed by atoms with Crippen molar-refractivity contribution in [1.29, 1.82) is 0 Å². The molecule has 90 valence electrons. The highest BCUT2D eigenvalue weighted by atomic mass is 32.2. The standard InChI is InChI=1S/C11H18N2O2S/c1-10(2)13(16(3,14)15)9-6-11-4-7-12-8-5-11/h4-5,7-8,10H,6,9H2,1-3H3. The van der Waals surface area contributed by atoms with Gasteiger partial charge in [-0.2, -0.15) is 4.31 Å². The van der Waals surface area contributed by atoms with Gasteiger partial charge in [-0.1, -0.05) is 0 Å². The Morgan fingerprint density at radius 2 is 1.88 bits per heavy atom. The zero-order valence-electron chi connectivity index (χ0n) is 9.92. The zero-order chi connectivity index (χ0) is 12.2. The van der Waals surface area contributed by atoms with Crippen molar-refractivity contribution in [2.45, 2.75) is 26.3 Å². The molecule has 0 aromatic carbocycles. The number of pyridine rings is 1. The van der Waals surface area contributed by atoms with E-state index in [9.17, 15) is 8.42 Å². The van der Waals surface area contributed by atoms with Gasteiger partial charge in [0.05, 0.1) is 6.26 Å². The van der Waals surface area contributed by atoms with Crippen LogP contribution in [0.3, 0.4) is 0 Å². The molecule has 0 fully saturated rings. The number of hydrogen-bond donors (Lipinski definition) is 0. The van der Waals surface area contributed by atoms with Gasteiger partial charge in [0.1, 0.15) is 0 Å². The molecule has 5 heteroatoms. The Balaban J connectivity index is 2.65. The van der Waals surface area contributed by atoms with E-state index in [2.05, 4.69) is 4.98 Å². The third-order valence-electron chi connectivity index (χ3n) is 2.37. The monoisotopic (exact) mass is 242 g/mol. The molecule has 16 heavy (non-hydrogen) atoms. The van der Waals surface area contributed by atoms with Gasteiger partial charge in [0, 0.05) is 25.0 Å². The third-order valence-corrected chi connectivity index (χ3v) is 3.83. The van der Waals surface area contributed by atoms with Gasteiger partial charge in [0.2, 0.25) is 10.0 Å². The van der Waals surface area contributed by atoms with Gasteiger partial charge in [-0.3, -0.25) is 4.98 Å². The van der Waals surface area contributed by atoms with Crippen LogP contribution in [0.25, 0.3) is 0 Å². The Morgan fingerprint density at radius 1 is 1.31 bits per heavy atom. The second-order valence-electron chi connectivity index (χ2n) is 4.07. The molecule has 1 aromatic rings. The van der Waals surface area contributed by atoms with E-state index in [0.717, 1.165) is 5.56 Å². The Hall–Kier alpha value is -0.940. The van der Waals surface area contributed by atoms with Gasteiger partial charge in [0.15, 0.2) is 0 Å². The molecule has 0 aliphatic carbocycles. The van der Waals surface area contributed by atoms with E-state index in [1.165, 1.54) is 10.6 Å². The quantitative estimate of drug-likeness (QED) is 0.782. The summed E-state index contributed by atoms with van der Waals surface area (Å²) in [6.45, 7) is 4.28. The summed E-state index contributed by atoms with van der Waals surface area (Å²) < 4.78 is 24.5. The molecule has 1 aromatic heterocycles. The van der Waals surface area contributed by atoms with Crippen LogP contribution in [-0.2, 0) is 16.4 Å². The highest BCUT2D eigenvalue weighted by Crippen LogP contribution is 2.07. The first-order valence-electron chi connectivity index (χ1n) is 5.27. The molecule has 0 unspecified atom stereocenters. The summed E-state index contributed by atoms with van der Waals surface area (Å²) in [5.74, 6) is 0. The van der Waals surface area contributed by atoms with E-state index >= 15 is 0 Å². The molecule has 4 nitrogen and oxygen atoms in total. The minimum Gasteiger partial charge on any atom is -0.265 e. The predicted molar refractivity (Wildman–Crippen MR) is 64.6 cm³/mol. The topological polar surface area (TPSA) is 50.3 Å². The first-order valence-corrected chi connectivity index (χ1v) is 7.12. The Kier molecular flexibility index (Phi) is 4.44. The number of hydrogen-bond acceptors (Lipinski definition) is 3. The number of rotatable bonds is 5. The maximum absolute atomic E-state index is 11.5. The van der Waals surface area contributed by atoms with Crippen LogP contribution in [0.1, 0.15) is 19.4 Å². The van der Waals surface area contributed by atoms with Crippen LogP contribution in [0.2, 0.25) is 0 Å². The molecule has 0 bridgehead atoms. The minimum atomic E-state index is -3.12. The molecular weight excluding hydrogens is 224 g/mol. The molecule has 0 aliphatic rings. The van der Waals surface area contributed by atoms with Crippen molar-refractivity contribution in [1.82, 2.24) is 9.29 Å². The molecule has 0 radical (unpaired) electrons. The summed E-state index contributed by atoms with van der Waals surface area (Å²) in [6, 6.07) is 3.80. The van der Waals surface area contributed by atoms with Crippen molar-refractivity contribution in [3.8, 4) is 0 Å². The van der Waals surface area contributed by atoms with E-state index in [0.29, 0.717) is 13.0 Å². The van der Waals surface area contributed by atoms with Crippen molar-refractivity contribution >= 4 is 10.0 Å². The maximum Gasteiger partial charge on any atom is 0.211 e. The van der Waals surface area contributed by atoms with Gasteiger partial charge < -0.3 is 0 Å². The summed E-state index contributed by atoms with van der Waals surface area (Å²) in [7, 11) is -3.12. The van der Waals surface area contributed by atoms with Crippen LogP contribution < -0.4 is 0 Å². The van der Waals surface area contributed by atoms with Gasteiger partial charge >= 0.3 is 0 Å². The zero-order valence-corrected chi connectivity index (χ0v) is 10.7. The lowest BCUT2D eigenvalue weighted by Gasteiger charge is -2.23. The molecule has 1 heterocycles. The van der Waals surface area contributed by atoms with E-state index < -0.39 is 10.0 Å². The molecule has 0 aliphatic heterocycles. The van der Waals surface area contributed by atoms with Gasteiger partial charge in [0.25, 0.3) is 0 Å². The Morgan fingerprint density at radius 3 is 2.31 bits per heavy atom. The van der Waals surface area contributed by atoms with Crippen LogP contribution in [0, 0.1) is 0 Å². The maximum atomic E-state index is 11.5. The lowest BCUT2D eigenvalue weighted by molar-refractivity contribution is 0.360. The van der Waals surface area contributed by atoms with Crippen LogP contribution in [0.15, 0.2) is 24.5 Å². The summed E-state index contributed by atoms with van der Waals surface area (Å²) in [5.41, 5.74) is 1.10. The first-order chi connectivity index (χ1) is 7.41. The highest BCUT2D eigenvalue weighted by molar-refractivity contribution is 7.88. The molecule has 0 spiro atoms. The molecule has 0 N–H and O–H groups in total. The van der Waals surface area contributed by atoms with Gasteiger partial charge in [-0.15, -0.1) is 0 Å². The highest BCUT2D eigenvalue weighted by Gasteiger charge is 2.19. The van der Waals surface area contributed by atoms with E-state index in [1.807, 2.05) is 26.0 Å². The molecule has 0 saturated carbocycles. The normalized spacial score (nSPS) is 12.3. The average Bonchev–Trinajstić information content (AvgIpc) is 2.17. The second kappa shape index (κ2) is 5.41. The van der Waals surface area contributed by atoms with Crippen LogP contribution in [0.5, 0.6) is 0 Å². The van der Waals surface area contributed by atoms with Crippen LogP contribution in [-0.4, -0.2) is 36.5 Å². The van der Waals surface area contributed by atoms with Crippen molar-refractivity contribution in [2.24, 2.45) is 0 Å². The van der Waals surface area contributed by atoms with Gasteiger partial charge in [-0.25, -0.2) is 8.42 Å². The smallest absolute Gasteiger partial charge is 0.211 e. The summed E-state index contributed by atoms with van der Waals surface area (Å²) in [6.07, 6.45) is 5.40. The fourth-order valence-electron chi connectivity index (χ4n) is 1.60. The largest absolute Gasteiger partial charge is 0.265 e. The minimum absolute atomic E-state index is 0.00293. The Labute approximate surface area is 97.4 Å². The molecule has 0 saturated heterocycles. The summed E-state index contributed by atoms with van der Waals surface area (Å²) in [4.78, 5) is 3.92. The van der Waals surface area contributed by atoms with Gasteiger partial charge in [-0.05, 0) is 38.0 Å². The van der Waals surface area contributed by atoms with Crippen molar-refractivity contribution in [3.05, 3.63) is 30.1 Å². The van der Waals surface area contributed by atoms with Crippen molar-refractivity contribution in [3.63, 3.8) is 0 Å². The number of nitrogens with zero attached hydrogens (tertiary/aromatic N) is 2. The van der Waals surface area contributed by atoms with E-state index in [1.54, 1.807) is 12.4 Å². The summed E-state index contributed by atoms with van der Waals surface area (Å²) in [5, 5.41) is 0. The third kappa shape index (κ3) is 3.90. The number of sulfonamides is 1. The van der Waals surface area contributed by atoms with E-state index in [-0.39, 0.29) is 6.04 Å². The lowest BCUT2D eigenvalue weighted by Crippen LogP contribution is -2.37. The molecule has 0 amide bonds. The fraction of sp³-hybridized carbons (Fsp3) is 0.545. The lowest BCUT2D eigenvalue weighted by atomic mass is 10.2. The predicted octanol–water partition coefficient (Wildman–Crippen LogP) is 1.29. The Bertz CT molecular complexity index is 415. The molecular formula is C11H18N2O2S. The average molecular weight is 242 g/mol. The summed E-state index contributed by atoms with van der Waals surface area (Å²) >= 11 is 0. The fourth-order valence-corrected chi connectivity index (χ4v) is 2.78. The van der Waals surface area contributed by atoms with Crippen LogP contribution in [0.4, 0.5) is 0 Å². The van der Waals surface area contributed by atoms with Crippen molar-refractivity contribution in [2.75, 3.05) is 12.8 Å². The van der Waals surface area contributed by atoms with E-state index in [4.69, 9.17) is 0 Å². The molecule has 1 rings (SSSR count). The number of aromatic nitrogens is 1. The van der Waals surface area contributed by atoms with Crippen LogP contribution >= 0.6 is 0 Å². The SMILES string of the molecule is CC(C)N(CCc1ccncc1)S(C)(=O)=O. The molecule has 0 atom stereocenters. The second-order valence-corrected chi connectivity index (χ2v) is 6.01. The first kappa shape index (κ1) is 13.1. The van der Waals surface area contributed by atoms with Crippen molar-refractivity contribution < 1.29 is 8.42 Å².